The van der Waals surface area contributed by atoms with Crippen LogP contribution in [0, 0.1) is 0 Å². The van der Waals surface area contributed by atoms with E-state index in [-0.39, 0.29) is 11.5 Å². The number of aryl methyl sites for hydroxylation is 1. The standard InChI is InChI=1S/C21H21N5O3/c1-24-20(27)15-5-3-2-4-14(15)18(23-24)21(28)26-11-9-25(10-12-26)17-6-8-22-16-7-13-29-19(16)17/h2-6,8H,7,9-13H2,1H3. The fourth-order valence-electron chi connectivity index (χ4n) is 4.07. The zero-order chi connectivity index (χ0) is 20.0. The lowest BCUT2D eigenvalue weighted by Crippen LogP contribution is -2.49. The monoisotopic (exact) mass is 391 g/mol. The Morgan fingerprint density at radius 2 is 1.83 bits per heavy atom. The minimum Gasteiger partial charge on any atom is -0.489 e. The number of nitrogens with zero attached hydrogens (tertiary/aromatic N) is 5. The van der Waals surface area contributed by atoms with Gasteiger partial charge < -0.3 is 14.5 Å². The second-order valence-corrected chi connectivity index (χ2v) is 7.31. The summed E-state index contributed by atoms with van der Waals surface area (Å²) in [4.78, 5) is 34.0. The molecule has 8 heteroatoms. The summed E-state index contributed by atoms with van der Waals surface area (Å²) in [6.07, 6.45) is 2.66. The molecule has 0 bridgehead atoms. The van der Waals surface area contributed by atoms with E-state index in [4.69, 9.17) is 4.74 Å². The number of aromatic nitrogens is 3. The van der Waals surface area contributed by atoms with Crippen molar-refractivity contribution in [2.45, 2.75) is 6.42 Å². The number of fused-ring (bicyclic) bond motifs is 2. The number of hydrogen-bond acceptors (Lipinski definition) is 6. The molecule has 2 aromatic heterocycles. The first kappa shape index (κ1) is 17.7. The van der Waals surface area contributed by atoms with Crippen molar-refractivity contribution in [1.29, 1.82) is 0 Å². The molecule has 148 valence electrons. The van der Waals surface area contributed by atoms with Crippen molar-refractivity contribution >= 4 is 22.4 Å². The maximum absolute atomic E-state index is 13.2. The molecule has 1 fully saturated rings. The number of carbonyl (C=O) groups excluding carboxylic acids is 1. The van der Waals surface area contributed by atoms with Gasteiger partial charge in [0, 0.05) is 51.2 Å². The van der Waals surface area contributed by atoms with Gasteiger partial charge in [-0.3, -0.25) is 14.6 Å². The smallest absolute Gasteiger partial charge is 0.275 e. The topological polar surface area (TPSA) is 80.6 Å². The molecule has 1 aromatic carbocycles. The molecule has 4 heterocycles. The van der Waals surface area contributed by atoms with Gasteiger partial charge in [0.1, 0.15) is 0 Å². The van der Waals surface area contributed by atoms with Crippen LogP contribution in [0.5, 0.6) is 5.75 Å². The lowest BCUT2D eigenvalue weighted by Gasteiger charge is -2.36. The summed E-state index contributed by atoms with van der Waals surface area (Å²) < 4.78 is 7.01. The van der Waals surface area contributed by atoms with Gasteiger partial charge in [0.2, 0.25) is 0 Å². The Hall–Kier alpha value is -3.42. The first-order valence-electron chi connectivity index (χ1n) is 9.74. The minimum atomic E-state index is -0.200. The van der Waals surface area contributed by atoms with E-state index in [1.807, 2.05) is 18.3 Å². The summed E-state index contributed by atoms with van der Waals surface area (Å²) in [6.45, 7) is 3.23. The van der Waals surface area contributed by atoms with Gasteiger partial charge in [0.15, 0.2) is 11.4 Å². The number of benzene rings is 1. The van der Waals surface area contributed by atoms with Crippen LogP contribution in [0.15, 0.2) is 41.3 Å². The Kier molecular flexibility index (Phi) is 4.19. The van der Waals surface area contributed by atoms with Crippen LogP contribution in [0.4, 0.5) is 5.69 Å². The highest BCUT2D eigenvalue weighted by Gasteiger charge is 2.28. The van der Waals surface area contributed by atoms with Gasteiger partial charge in [0.25, 0.3) is 11.5 Å². The highest BCUT2D eigenvalue weighted by molar-refractivity contribution is 6.04. The molecule has 2 aliphatic rings. The van der Waals surface area contributed by atoms with Crippen LogP contribution >= 0.6 is 0 Å². The third-order valence-corrected chi connectivity index (χ3v) is 5.61. The number of carbonyl (C=O) groups is 1. The van der Waals surface area contributed by atoms with Gasteiger partial charge in [0.05, 0.1) is 23.4 Å². The van der Waals surface area contributed by atoms with Crippen molar-refractivity contribution in [2.24, 2.45) is 7.05 Å². The van der Waals surface area contributed by atoms with Crippen LogP contribution in [-0.2, 0) is 13.5 Å². The molecule has 0 unspecified atom stereocenters. The van der Waals surface area contributed by atoms with Gasteiger partial charge in [-0.25, -0.2) is 4.68 Å². The maximum Gasteiger partial charge on any atom is 0.275 e. The zero-order valence-electron chi connectivity index (χ0n) is 16.2. The normalized spacial score (nSPS) is 16.0. The van der Waals surface area contributed by atoms with Crippen molar-refractivity contribution in [3.63, 3.8) is 0 Å². The molecule has 0 aliphatic carbocycles. The van der Waals surface area contributed by atoms with Gasteiger partial charge in [-0.1, -0.05) is 18.2 Å². The van der Waals surface area contributed by atoms with E-state index in [9.17, 15) is 9.59 Å². The summed E-state index contributed by atoms with van der Waals surface area (Å²) >= 11 is 0. The number of hydrogen-bond donors (Lipinski definition) is 0. The third-order valence-electron chi connectivity index (χ3n) is 5.61. The number of rotatable bonds is 2. The van der Waals surface area contributed by atoms with Gasteiger partial charge >= 0.3 is 0 Å². The lowest BCUT2D eigenvalue weighted by atomic mass is 10.1. The molecule has 0 atom stereocenters. The first-order chi connectivity index (χ1) is 14.1. The number of pyridine rings is 1. The van der Waals surface area contributed by atoms with E-state index in [0.717, 1.165) is 23.6 Å². The third kappa shape index (κ3) is 2.91. The molecule has 0 N–H and O–H groups in total. The largest absolute Gasteiger partial charge is 0.489 e. The Morgan fingerprint density at radius 1 is 1.07 bits per heavy atom. The second-order valence-electron chi connectivity index (χ2n) is 7.31. The van der Waals surface area contributed by atoms with Crippen LogP contribution in [0.2, 0.25) is 0 Å². The number of amides is 1. The quantitative estimate of drug-likeness (QED) is 0.654. The highest BCUT2D eigenvalue weighted by atomic mass is 16.5. The molecule has 0 saturated carbocycles. The maximum atomic E-state index is 13.2. The molecular weight excluding hydrogens is 370 g/mol. The average Bonchev–Trinajstić information content (AvgIpc) is 3.25. The van der Waals surface area contributed by atoms with Crippen molar-refractivity contribution in [3.05, 3.63) is 58.3 Å². The summed E-state index contributed by atoms with van der Waals surface area (Å²) in [5, 5.41) is 5.38. The van der Waals surface area contributed by atoms with E-state index >= 15 is 0 Å². The molecule has 29 heavy (non-hydrogen) atoms. The predicted octanol–water partition coefficient (Wildman–Crippen LogP) is 1.23. The molecule has 2 aliphatic heterocycles. The van der Waals surface area contributed by atoms with Gasteiger partial charge in [-0.05, 0) is 12.1 Å². The number of piperazine rings is 1. The van der Waals surface area contributed by atoms with E-state index < -0.39 is 0 Å². The van der Waals surface area contributed by atoms with E-state index in [1.165, 1.54) is 4.68 Å². The number of ether oxygens (including phenoxy) is 1. The molecular formula is C21H21N5O3. The van der Waals surface area contributed by atoms with E-state index in [2.05, 4.69) is 15.0 Å². The van der Waals surface area contributed by atoms with Crippen molar-refractivity contribution < 1.29 is 9.53 Å². The second kappa shape index (κ2) is 6.88. The summed E-state index contributed by atoms with van der Waals surface area (Å²) in [7, 11) is 1.58. The summed E-state index contributed by atoms with van der Waals surface area (Å²) in [5.41, 5.74) is 2.17. The lowest BCUT2D eigenvalue weighted by molar-refractivity contribution is 0.0740. The minimum absolute atomic E-state index is 0.146. The Balaban J connectivity index is 1.39. The van der Waals surface area contributed by atoms with Crippen molar-refractivity contribution in [3.8, 4) is 5.75 Å². The molecule has 8 nitrogen and oxygen atoms in total. The molecule has 0 radical (unpaired) electrons. The van der Waals surface area contributed by atoms with Crippen LogP contribution in [0.3, 0.4) is 0 Å². The highest BCUT2D eigenvalue weighted by Crippen LogP contribution is 2.35. The SMILES string of the molecule is Cn1nc(C(=O)N2CCN(c3ccnc4c3OCC4)CC2)c2ccccc2c1=O. The molecule has 3 aromatic rings. The fourth-order valence-corrected chi connectivity index (χ4v) is 4.07. The van der Waals surface area contributed by atoms with Crippen LogP contribution in [0.25, 0.3) is 10.8 Å². The van der Waals surface area contributed by atoms with E-state index in [1.54, 1.807) is 30.1 Å². The Bertz CT molecular complexity index is 1160. The van der Waals surface area contributed by atoms with Gasteiger partial charge in [-0.15, -0.1) is 0 Å². The fraction of sp³-hybridized carbons (Fsp3) is 0.333. The molecule has 1 amide bonds. The van der Waals surface area contributed by atoms with E-state index in [0.29, 0.717) is 49.3 Å². The molecule has 5 rings (SSSR count). The Morgan fingerprint density at radius 3 is 2.62 bits per heavy atom. The zero-order valence-corrected chi connectivity index (χ0v) is 16.2. The summed E-state index contributed by atoms with van der Waals surface area (Å²) in [6, 6.07) is 9.11. The number of anilines is 1. The molecule has 1 saturated heterocycles. The predicted molar refractivity (Wildman–Crippen MR) is 109 cm³/mol. The average molecular weight is 391 g/mol. The first-order valence-corrected chi connectivity index (χ1v) is 9.74. The van der Waals surface area contributed by atoms with Crippen LogP contribution < -0.4 is 15.2 Å². The van der Waals surface area contributed by atoms with Gasteiger partial charge in [-0.2, -0.15) is 5.10 Å². The van der Waals surface area contributed by atoms with Crippen molar-refractivity contribution in [1.82, 2.24) is 19.7 Å². The van der Waals surface area contributed by atoms with Crippen LogP contribution in [-0.4, -0.2) is 58.4 Å². The summed E-state index contributed by atoms with van der Waals surface area (Å²) in [5.74, 6) is 0.727. The van der Waals surface area contributed by atoms with Crippen LogP contribution in [0.1, 0.15) is 16.2 Å². The van der Waals surface area contributed by atoms with Crippen molar-refractivity contribution in [2.75, 3.05) is 37.7 Å². The Labute approximate surface area is 167 Å². The molecule has 0 spiro atoms.